The molecule has 4 rings (SSSR count). The van der Waals surface area contributed by atoms with Gasteiger partial charge in [0, 0.05) is 44.8 Å². The number of Topliss-reactive ketones (excluding diaryl/α,β-unsaturated/α-hetero) is 1. The number of aliphatic hydroxyl groups is 1. The third-order valence-corrected chi connectivity index (χ3v) is 6.20. The summed E-state index contributed by atoms with van der Waals surface area (Å²) in [6.07, 6.45) is 1.61. The zero-order valence-corrected chi connectivity index (χ0v) is 19.7. The molecule has 1 fully saturated rings. The van der Waals surface area contributed by atoms with E-state index in [2.05, 4.69) is 9.80 Å². The maximum atomic E-state index is 13.1. The smallest absolute Gasteiger partial charge is 0.231 e. The molecule has 0 spiro atoms. The largest absolute Gasteiger partial charge is 0.507 e. The van der Waals surface area contributed by atoms with Crippen molar-refractivity contribution >= 4 is 11.9 Å². The summed E-state index contributed by atoms with van der Waals surface area (Å²) in [6, 6.07) is 6.62. The van der Waals surface area contributed by atoms with Crippen molar-refractivity contribution in [1.82, 2.24) is 9.80 Å². The van der Waals surface area contributed by atoms with E-state index in [0.29, 0.717) is 52.8 Å². The summed E-state index contributed by atoms with van der Waals surface area (Å²) in [5, 5.41) is 19.7. The van der Waals surface area contributed by atoms with Crippen LogP contribution in [0.4, 0.5) is 0 Å². The predicted octanol–water partition coefficient (Wildman–Crippen LogP) is 2.14. The van der Waals surface area contributed by atoms with E-state index in [4.69, 9.17) is 24.1 Å². The Morgan fingerprint density at radius 1 is 0.971 bits per heavy atom. The molecule has 0 saturated carbocycles. The Morgan fingerprint density at radius 2 is 1.68 bits per heavy atom. The fourth-order valence-electron chi connectivity index (χ4n) is 4.36. The first-order valence-electron chi connectivity index (χ1n) is 11.1. The minimum absolute atomic E-state index is 0.0919. The van der Waals surface area contributed by atoms with Crippen LogP contribution < -0.4 is 18.9 Å². The topological polar surface area (TPSA) is 101 Å². The number of aromatic hydroxyl groups is 1. The summed E-state index contributed by atoms with van der Waals surface area (Å²) in [6.45, 7) is 4.52. The summed E-state index contributed by atoms with van der Waals surface area (Å²) in [4.78, 5) is 17.5. The molecule has 0 radical (unpaired) electrons. The van der Waals surface area contributed by atoms with Gasteiger partial charge in [-0.2, -0.15) is 0 Å². The van der Waals surface area contributed by atoms with Crippen LogP contribution in [0.5, 0.6) is 28.7 Å². The van der Waals surface area contributed by atoms with Gasteiger partial charge in [0.05, 0.1) is 39.1 Å². The number of hydrogen-bond acceptors (Lipinski definition) is 9. The van der Waals surface area contributed by atoms with Crippen molar-refractivity contribution in [3.05, 3.63) is 46.7 Å². The van der Waals surface area contributed by atoms with Crippen LogP contribution in [0.1, 0.15) is 21.5 Å². The number of aliphatic hydroxyl groups excluding tert-OH is 1. The number of rotatable bonds is 8. The minimum atomic E-state index is -0.263. The van der Waals surface area contributed by atoms with Crippen LogP contribution in [0.3, 0.4) is 0 Å². The lowest BCUT2D eigenvalue weighted by atomic mass is 10.0. The summed E-state index contributed by atoms with van der Waals surface area (Å²) in [7, 11) is 4.57. The summed E-state index contributed by atoms with van der Waals surface area (Å²) >= 11 is 0. The normalized spacial score (nSPS) is 17.5. The number of fused-ring (bicyclic) bond motifs is 1. The molecular weight excluding hydrogens is 440 g/mol. The Kier molecular flexibility index (Phi) is 7.26. The number of hydrogen-bond donors (Lipinski definition) is 2. The molecule has 1 saturated heterocycles. The van der Waals surface area contributed by atoms with Crippen LogP contribution >= 0.6 is 0 Å². The molecule has 0 atom stereocenters. The molecular formula is C25H30N2O7. The van der Waals surface area contributed by atoms with E-state index >= 15 is 0 Å². The first kappa shape index (κ1) is 23.9. The molecule has 2 aliphatic rings. The summed E-state index contributed by atoms with van der Waals surface area (Å²) in [5.74, 6) is 1.70. The van der Waals surface area contributed by atoms with Crippen molar-refractivity contribution in [2.75, 3.05) is 60.7 Å². The number of phenols is 1. The number of β-amino-alcohol motifs (C(OH)–C–C–N with tert-alkyl or cyclic N) is 1. The second kappa shape index (κ2) is 10.3. The lowest BCUT2D eigenvalue weighted by Crippen LogP contribution is -2.46. The van der Waals surface area contributed by atoms with Gasteiger partial charge in [-0.1, -0.05) is 0 Å². The van der Waals surface area contributed by atoms with Crippen LogP contribution in [0, 0.1) is 0 Å². The number of allylic oxidation sites excluding steroid dienone is 1. The molecule has 2 aliphatic heterocycles. The first-order valence-corrected chi connectivity index (χ1v) is 11.1. The van der Waals surface area contributed by atoms with Crippen molar-refractivity contribution in [3.63, 3.8) is 0 Å². The molecule has 0 amide bonds. The quantitative estimate of drug-likeness (QED) is 0.562. The number of piperazine rings is 1. The van der Waals surface area contributed by atoms with E-state index in [1.807, 2.05) is 0 Å². The van der Waals surface area contributed by atoms with Crippen molar-refractivity contribution in [3.8, 4) is 28.7 Å². The minimum Gasteiger partial charge on any atom is -0.507 e. The van der Waals surface area contributed by atoms with Gasteiger partial charge in [0.1, 0.15) is 11.5 Å². The molecule has 2 heterocycles. The molecule has 0 unspecified atom stereocenters. The van der Waals surface area contributed by atoms with Crippen molar-refractivity contribution < 1.29 is 34.0 Å². The highest BCUT2D eigenvalue weighted by molar-refractivity contribution is 6.15. The molecule has 0 bridgehead atoms. The number of benzene rings is 2. The molecule has 9 heteroatoms. The maximum Gasteiger partial charge on any atom is 0.231 e. The standard InChI is InChI=1S/C25H30N2O7/c1-31-20-7-4-16(23(32-2)25(20)33-3)14-21-22(30)17-5-6-19(29)18(24(17)34-21)15-27-10-8-26(9-11-27)12-13-28/h4-7,14,28-29H,8-13,15H2,1-3H3/b21-14-. The van der Waals surface area contributed by atoms with Crippen molar-refractivity contribution in [1.29, 1.82) is 0 Å². The number of methoxy groups -OCH3 is 3. The maximum absolute atomic E-state index is 13.1. The number of nitrogens with zero attached hydrogens (tertiary/aromatic N) is 2. The molecule has 2 aromatic carbocycles. The lowest BCUT2D eigenvalue weighted by Gasteiger charge is -2.34. The van der Waals surface area contributed by atoms with Crippen LogP contribution in [0.25, 0.3) is 6.08 Å². The average Bonchev–Trinajstić information content (AvgIpc) is 3.17. The zero-order chi connectivity index (χ0) is 24.2. The first-order chi connectivity index (χ1) is 16.5. The van der Waals surface area contributed by atoms with Crippen LogP contribution in [0.15, 0.2) is 30.0 Å². The Hall–Kier alpha value is -3.27. The zero-order valence-electron chi connectivity index (χ0n) is 19.7. The Bertz CT molecular complexity index is 1090. The van der Waals surface area contributed by atoms with E-state index in [0.717, 1.165) is 26.2 Å². The number of carbonyl (C=O) groups excluding carboxylic acids is 1. The van der Waals surface area contributed by atoms with Crippen molar-refractivity contribution in [2.45, 2.75) is 6.54 Å². The second-order valence-electron chi connectivity index (χ2n) is 8.14. The van der Waals surface area contributed by atoms with Crippen molar-refractivity contribution in [2.24, 2.45) is 0 Å². The van der Waals surface area contributed by atoms with E-state index in [1.54, 1.807) is 24.3 Å². The molecule has 2 aromatic rings. The van der Waals surface area contributed by atoms with E-state index in [-0.39, 0.29) is 23.9 Å². The van der Waals surface area contributed by atoms with Crippen LogP contribution in [0.2, 0.25) is 0 Å². The third-order valence-electron chi connectivity index (χ3n) is 6.20. The fraction of sp³-hybridized carbons (Fsp3) is 0.400. The van der Waals surface area contributed by atoms with Gasteiger partial charge < -0.3 is 29.2 Å². The molecule has 182 valence electrons. The summed E-state index contributed by atoms with van der Waals surface area (Å²) in [5.41, 5.74) is 1.60. The highest BCUT2D eigenvalue weighted by atomic mass is 16.5. The SMILES string of the molecule is COc1ccc(/C=C2\Oc3c(ccc(O)c3CN3CCN(CCO)CC3)C2=O)c(OC)c1OC. The second-order valence-corrected chi connectivity index (χ2v) is 8.14. The number of ketones is 1. The van der Waals surface area contributed by atoms with Gasteiger partial charge >= 0.3 is 0 Å². The predicted molar refractivity (Wildman–Crippen MR) is 126 cm³/mol. The van der Waals surface area contributed by atoms with Gasteiger partial charge in [-0.05, 0) is 30.3 Å². The Morgan fingerprint density at radius 3 is 2.32 bits per heavy atom. The average molecular weight is 471 g/mol. The molecule has 9 nitrogen and oxygen atoms in total. The molecule has 0 aliphatic carbocycles. The monoisotopic (exact) mass is 470 g/mol. The molecule has 0 aromatic heterocycles. The van der Waals surface area contributed by atoms with Gasteiger partial charge in [0.2, 0.25) is 11.5 Å². The molecule has 34 heavy (non-hydrogen) atoms. The van der Waals surface area contributed by atoms with Gasteiger partial charge in [0.15, 0.2) is 17.3 Å². The highest BCUT2D eigenvalue weighted by Gasteiger charge is 2.32. The van der Waals surface area contributed by atoms with Gasteiger partial charge in [-0.15, -0.1) is 0 Å². The van der Waals surface area contributed by atoms with Crippen LogP contribution in [-0.4, -0.2) is 86.5 Å². The van der Waals surface area contributed by atoms with E-state index in [9.17, 15) is 9.90 Å². The van der Waals surface area contributed by atoms with Gasteiger partial charge in [-0.3, -0.25) is 14.6 Å². The Balaban J connectivity index is 1.61. The van der Waals surface area contributed by atoms with Gasteiger partial charge in [-0.25, -0.2) is 0 Å². The number of phenolic OH excluding ortho intramolecular Hbond substituents is 1. The number of ether oxygens (including phenoxy) is 4. The lowest BCUT2D eigenvalue weighted by molar-refractivity contribution is 0.101. The summed E-state index contributed by atoms with van der Waals surface area (Å²) < 4.78 is 22.3. The van der Waals surface area contributed by atoms with Gasteiger partial charge in [0.25, 0.3) is 0 Å². The molecule has 2 N–H and O–H groups in total. The van der Waals surface area contributed by atoms with E-state index < -0.39 is 0 Å². The fourth-order valence-corrected chi connectivity index (χ4v) is 4.36. The Labute approximate surface area is 198 Å². The van der Waals surface area contributed by atoms with Crippen LogP contribution in [-0.2, 0) is 6.54 Å². The number of carbonyl (C=O) groups is 1. The highest BCUT2D eigenvalue weighted by Crippen LogP contribution is 2.43. The third kappa shape index (κ3) is 4.54. The van der Waals surface area contributed by atoms with E-state index in [1.165, 1.54) is 27.4 Å².